The molecule has 0 radical (unpaired) electrons. The first-order chi connectivity index (χ1) is 14.9. The number of rotatable bonds is 12. The van der Waals surface area contributed by atoms with Crippen LogP contribution in [-0.2, 0) is 9.59 Å². The third-order valence-electron chi connectivity index (χ3n) is 4.24. The van der Waals surface area contributed by atoms with E-state index < -0.39 is 12.0 Å². The van der Waals surface area contributed by atoms with E-state index in [4.69, 9.17) is 20.5 Å². The number of primary amides is 1. The molecule has 2 aromatic carbocycles. The summed E-state index contributed by atoms with van der Waals surface area (Å²) in [5.74, 6) is 0.201. The second-order valence-corrected chi connectivity index (χ2v) is 6.70. The van der Waals surface area contributed by atoms with Crippen LogP contribution < -0.4 is 25.4 Å². The number of hydrogen-bond donors (Lipinski definition) is 3. The van der Waals surface area contributed by atoms with Crippen LogP contribution in [0.15, 0.2) is 48.5 Å². The second kappa shape index (κ2) is 12.2. The van der Waals surface area contributed by atoms with Gasteiger partial charge in [0.2, 0.25) is 5.91 Å². The second-order valence-electron chi connectivity index (χ2n) is 6.70. The Bertz CT molecular complexity index is 911. The van der Waals surface area contributed by atoms with Crippen molar-refractivity contribution in [1.82, 2.24) is 5.32 Å². The first kappa shape index (κ1) is 23.7. The lowest BCUT2D eigenvalue weighted by Gasteiger charge is -2.22. The molecule has 0 heterocycles. The maximum absolute atomic E-state index is 12.0. The Hall–Kier alpha value is -3.61. The average Bonchev–Trinajstić information content (AvgIpc) is 2.76. The van der Waals surface area contributed by atoms with Gasteiger partial charge in [0.15, 0.2) is 6.61 Å². The van der Waals surface area contributed by atoms with E-state index in [-0.39, 0.29) is 25.7 Å². The Labute approximate surface area is 181 Å². The van der Waals surface area contributed by atoms with Crippen LogP contribution >= 0.6 is 0 Å². The van der Waals surface area contributed by atoms with Gasteiger partial charge in [-0.05, 0) is 36.4 Å². The third kappa shape index (κ3) is 7.97. The Balaban J connectivity index is 1.77. The first-order valence-electron chi connectivity index (χ1n) is 9.70. The van der Waals surface area contributed by atoms with Gasteiger partial charge >= 0.3 is 0 Å². The maximum Gasteiger partial charge on any atom is 0.255 e. The van der Waals surface area contributed by atoms with E-state index in [2.05, 4.69) is 5.32 Å². The lowest BCUT2D eigenvalue weighted by Crippen LogP contribution is -2.39. The molecule has 0 saturated heterocycles. The molecule has 9 heteroatoms. The molecule has 2 amide bonds. The number of ether oxygens (including phenoxy) is 2. The van der Waals surface area contributed by atoms with Crippen molar-refractivity contribution in [3.05, 3.63) is 54.1 Å². The number of anilines is 1. The summed E-state index contributed by atoms with van der Waals surface area (Å²) in [6, 6.07) is 15.6. The van der Waals surface area contributed by atoms with Crippen LogP contribution in [0.2, 0.25) is 0 Å². The summed E-state index contributed by atoms with van der Waals surface area (Å²) in [5.41, 5.74) is 6.13. The normalized spacial score (nSPS) is 11.3. The van der Waals surface area contributed by atoms with Crippen molar-refractivity contribution in [2.75, 3.05) is 37.7 Å². The highest BCUT2D eigenvalue weighted by atomic mass is 16.5. The number of carbonyl (C=O) groups is 2. The van der Waals surface area contributed by atoms with Gasteiger partial charge in [-0.2, -0.15) is 5.26 Å². The average molecular weight is 426 g/mol. The van der Waals surface area contributed by atoms with E-state index in [0.717, 1.165) is 0 Å². The summed E-state index contributed by atoms with van der Waals surface area (Å²) in [4.78, 5) is 24.4. The number of aliphatic hydroxyl groups is 1. The molecule has 2 rings (SSSR count). The summed E-state index contributed by atoms with van der Waals surface area (Å²) in [5, 5.41) is 22.2. The zero-order valence-corrected chi connectivity index (χ0v) is 17.3. The number of nitriles is 1. The van der Waals surface area contributed by atoms with E-state index >= 15 is 0 Å². The highest BCUT2D eigenvalue weighted by molar-refractivity contribution is 5.91. The molecule has 0 aliphatic carbocycles. The van der Waals surface area contributed by atoms with Gasteiger partial charge in [0.05, 0.1) is 5.56 Å². The minimum atomic E-state index is -0.779. The fraction of sp³-hybridized carbons (Fsp3) is 0.318. The summed E-state index contributed by atoms with van der Waals surface area (Å²) in [6.45, 7) is 2.39. The molecule has 0 aliphatic rings. The van der Waals surface area contributed by atoms with Crippen molar-refractivity contribution in [3.63, 3.8) is 0 Å². The molecule has 164 valence electrons. The molecular weight excluding hydrogens is 400 g/mol. The van der Waals surface area contributed by atoms with Gasteiger partial charge in [-0.15, -0.1) is 0 Å². The van der Waals surface area contributed by atoms with Crippen molar-refractivity contribution in [2.45, 2.75) is 13.0 Å². The monoisotopic (exact) mass is 426 g/mol. The van der Waals surface area contributed by atoms with Crippen molar-refractivity contribution in [3.8, 4) is 17.6 Å². The van der Waals surface area contributed by atoms with Crippen molar-refractivity contribution in [1.29, 1.82) is 5.26 Å². The van der Waals surface area contributed by atoms with E-state index in [1.807, 2.05) is 6.07 Å². The van der Waals surface area contributed by atoms with Gasteiger partial charge in [-0.3, -0.25) is 9.59 Å². The molecule has 0 aliphatic heterocycles. The quantitative estimate of drug-likeness (QED) is 0.427. The molecule has 1 unspecified atom stereocenters. The molecule has 9 nitrogen and oxygen atoms in total. The molecular formula is C22H26N4O5. The number of para-hydroxylation sites is 1. The van der Waals surface area contributed by atoms with Gasteiger partial charge in [-0.25, -0.2) is 0 Å². The fourth-order valence-corrected chi connectivity index (χ4v) is 2.73. The van der Waals surface area contributed by atoms with E-state index in [1.54, 1.807) is 53.4 Å². The van der Waals surface area contributed by atoms with Gasteiger partial charge in [0.25, 0.3) is 5.91 Å². The number of nitrogens with two attached hydrogens (primary N) is 1. The molecule has 2 aromatic rings. The SMILES string of the molecule is CC(=O)N(CCNCC(O)COc1ccccc1C#N)c1ccc(OCC(N)=O)cc1. The Kier molecular flexibility index (Phi) is 9.29. The molecule has 0 bridgehead atoms. The summed E-state index contributed by atoms with van der Waals surface area (Å²) in [7, 11) is 0. The minimum Gasteiger partial charge on any atom is -0.489 e. The topological polar surface area (TPSA) is 138 Å². The Morgan fingerprint density at radius 2 is 1.90 bits per heavy atom. The number of hydrogen-bond acceptors (Lipinski definition) is 7. The molecule has 4 N–H and O–H groups in total. The number of nitrogens with zero attached hydrogens (tertiary/aromatic N) is 2. The first-order valence-corrected chi connectivity index (χ1v) is 9.70. The van der Waals surface area contributed by atoms with Crippen LogP contribution in [0.25, 0.3) is 0 Å². The predicted octanol–water partition coefficient (Wildman–Crippen LogP) is 0.805. The van der Waals surface area contributed by atoms with E-state index in [9.17, 15) is 14.7 Å². The lowest BCUT2D eigenvalue weighted by molar-refractivity contribution is -0.120. The largest absolute Gasteiger partial charge is 0.489 e. The van der Waals surface area contributed by atoms with Crippen molar-refractivity contribution in [2.24, 2.45) is 5.73 Å². The van der Waals surface area contributed by atoms with Gasteiger partial charge in [0, 0.05) is 32.2 Å². The smallest absolute Gasteiger partial charge is 0.255 e. The number of benzene rings is 2. The standard InChI is InChI=1S/C22H26N4O5/c1-16(27)26(18-6-8-20(9-7-18)30-15-22(24)29)11-10-25-13-19(28)14-31-21-5-3-2-4-17(21)12-23/h2-9,19,25,28H,10-11,13-15H2,1H3,(H2,24,29). The van der Waals surface area contributed by atoms with Gasteiger partial charge in [-0.1, -0.05) is 12.1 Å². The summed E-state index contributed by atoms with van der Waals surface area (Å²) >= 11 is 0. The van der Waals surface area contributed by atoms with Crippen LogP contribution in [0.5, 0.6) is 11.5 Å². The Morgan fingerprint density at radius 3 is 2.55 bits per heavy atom. The Morgan fingerprint density at radius 1 is 1.19 bits per heavy atom. The third-order valence-corrected chi connectivity index (χ3v) is 4.24. The zero-order chi connectivity index (χ0) is 22.6. The molecule has 1 atom stereocenters. The predicted molar refractivity (Wildman–Crippen MR) is 115 cm³/mol. The van der Waals surface area contributed by atoms with Crippen molar-refractivity contribution < 1.29 is 24.2 Å². The fourth-order valence-electron chi connectivity index (χ4n) is 2.73. The highest BCUT2D eigenvalue weighted by Gasteiger charge is 2.12. The number of aliphatic hydroxyl groups excluding tert-OH is 1. The summed E-state index contributed by atoms with van der Waals surface area (Å²) < 4.78 is 10.7. The summed E-state index contributed by atoms with van der Waals surface area (Å²) in [6.07, 6.45) is -0.779. The van der Waals surface area contributed by atoms with Crippen LogP contribution in [-0.4, -0.2) is 55.9 Å². The van der Waals surface area contributed by atoms with Crippen LogP contribution in [0.4, 0.5) is 5.69 Å². The molecule has 31 heavy (non-hydrogen) atoms. The molecule has 0 spiro atoms. The van der Waals surface area contributed by atoms with Crippen molar-refractivity contribution >= 4 is 17.5 Å². The zero-order valence-electron chi connectivity index (χ0n) is 17.3. The lowest BCUT2D eigenvalue weighted by atomic mass is 10.2. The highest BCUT2D eigenvalue weighted by Crippen LogP contribution is 2.19. The maximum atomic E-state index is 12.0. The molecule has 0 fully saturated rings. The van der Waals surface area contributed by atoms with Gasteiger partial charge < -0.3 is 30.5 Å². The number of carbonyl (C=O) groups excluding carboxylic acids is 2. The van der Waals surface area contributed by atoms with Crippen LogP contribution in [0, 0.1) is 11.3 Å². The van der Waals surface area contributed by atoms with Gasteiger partial charge in [0.1, 0.15) is 30.3 Å². The minimum absolute atomic E-state index is 0.0366. The molecule has 0 aromatic heterocycles. The number of amides is 2. The van der Waals surface area contributed by atoms with E-state index in [1.165, 1.54) is 6.92 Å². The molecule has 0 saturated carbocycles. The van der Waals surface area contributed by atoms with Crippen LogP contribution in [0.1, 0.15) is 12.5 Å². The van der Waals surface area contributed by atoms with E-state index in [0.29, 0.717) is 35.8 Å². The van der Waals surface area contributed by atoms with Crippen LogP contribution in [0.3, 0.4) is 0 Å². The number of nitrogens with one attached hydrogen (secondary N) is 1.